The lowest BCUT2D eigenvalue weighted by atomic mass is 9.85. The fourth-order valence-electron chi connectivity index (χ4n) is 7.09. The molecule has 0 amide bonds. The van der Waals surface area contributed by atoms with E-state index in [0.717, 1.165) is 42.6 Å². The molecule has 2 saturated heterocycles. The Bertz CT molecular complexity index is 1440. The molecule has 8 heteroatoms. The van der Waals surface area contributed by atoms with Gasteiger partial charge in [0.1, 0.15) is 11.3 Å². The Hall–Kier alpha value is -2.29. The van der Waals surface area contributed by atoms with Gasteiger partial charge >= 0.3 is 0 Å². The van der Waals surface area contributed by atoms with Crippen molar-refractivity contribution in [3.63, 3.8) is 0 Å². The summed E-state index contributed by atoms with van der Waals surface area (Å²) >= 11 is 0. The third-order valence-electron chi connectivity index (χ3n) is 9.26. The number of rotatable bonds is 7. The smallest absolute Gasteiger partial charge is 0.175 e. The molecule has 0 spiro atoms. The molecule has 0 aliphatic carbocycles. The number of benzene rings is 2. The molecule has 0 radical (unpaired) electrons. The zero-order chi connectivity index (χ0) is 28.8. The number of aromatic nitrogens is 2. The molecule has 3 unspecified atom stereocenters. The van der Waals surface area contributed by atoms with Gasteiger partial charge in [-0.2, -0.15) is 0 Å². The second kappa shape index (κ2) is 11.5. The molecule has 6 nitrogen and oxygen atoms in total. The number of halogens is 1. The molecule has 2 aromatic carbocycles. The van der Waals surface area contributed by atoms with Crippen LogP contribution in [0.25, 0.3) is 22.4 Å². The molecule has 2 aliphatic heterocycles. The average Bonchev–Trinajstić information content (AvgIpc) is 3.26. The van der Waals surface area contributed by atoms with Crippen LogP contribution < -0.4 is 0 Å². The highest BCUT2D eigenvalue weighted by Gasteiger charge is 2.36. The van der Waals surface area contributed by atoms with Crippen molar-refractivity contribution in [1.82, 2.24) is 19.4 Å². The molecule has 40 heavy (non-hydrogen) atoms. The quantitative estimate of drug-likeness (QED) is 0.337. The lowest BCUT2D eigenvalue weighted by Crippen LogP contribution is -2.55. The van der Waals surface area contributed by atoms with Crippen LogP contribution in [0.3, 0.4) is 0 Å². The van der Waals surface area contributed by atoms with Crippen LogP contribution in [0, 0.1) is 11.7 Å². The van der Waals surface area contributed by atoms with Gasteiger partial charge in [0, 0.05) is 43.5 Å². The first-order valence-corrected chi connectivity index (χ1v) is 16.8. The van der Waals surface area contributed by atoms with Crippen LogP contribution in [-0.4, -0.2) is 71.8 Å². The number of likely N-dealkylation sites (tertiary alicyclic amines) is 2. The Balaban J connectivity index is 1.30. The van der Waals surface area contributed by atoms with Crippen molar-refractivity contribution in [3.05, 3.63) is 47.8 Å². The van der Waals surface area contributed by atoms with Gasteiger partial charge in [-0.3, -0.25) is 4.90 Å². The Morgan fingerprint density at radius 1 is 1.07 bits per heavy atom. The zero-order valence-electron chi connectivity index (χ0n) is 24.9. The highest BCUT2D eigenvalue weighted by atomic mass is 32.2. The van der Waals surface area contributed by atoms with E-state index >= 15 is 4.39 Å². The predicted molar refractivity (Wildman–Crippen MR) is 161 cm³/mol. The molecule has 1 aromatic heterocycles. The van der Waals surface area contributed by atoms with Gasteiger partial charge in [0.2, 0.25) is 0 Å². The van der Waals surface area contributed by atoms with Crippen LogP contribution in [0.4, 0.5) is 4.39 Å². The molecule has 3 atom stereocenters. The standard InChI is InChI=1S/C32H45FN4O2S/c1-7-26-19-27(16-22(4)37(26)20-21(2)3)36-14-12-23(13-15-36)25-17-29(33)31-30(18-25)35(5)32(34-31)24-8-10-28(11-9-24)40(6,38)39/h8-11,17-18,21-23,26-27H,7,12-16,19-20H2,1-6H3. The number of piperidine rings is 2. The Morgan fingerprint density at radius 3 is 2.35 bits per heavy atom. The van der Waals surface area contributed by atoms with Crippen LogP contribution in [0.5, 0.6) is 0 Å². The number of aryl methyl sites for hydroxylation is 1. The van der Waals surface area contributed by atoms with E-state index in [1.165, 1.54) is 32.1 Å². The van der Waals surface area contributed by atoms with Crippen LogP contribution in [0.1, 0.15) is 71.3 Å². The summed E-state index contributed by atoms with van der Waals surface area (Å²) in [6.45, 7) is 12.7. The minimum absolute atomic E-state index is 0.260. The van der Waals surface area contributed by atoms with Gasteiger partial charge in [-0.05, 0) is 106 Å². The average molecular weight is 569 g/mol. The van der Waals surface area contributed by atoms with E-state index in [1.807, 2.05) is 11.6 Å². The van der Waals surface area contributed by atoms with E-state index in [4.69, 9.17) is 0 Å². The summed E-state index contributed by atoms with van der Waals surface area (Å²) in [4.78, 5) is 10.3. The van der Waals surface area contributed by atoms with Crippen molar-refractivity contribution in [3.8, 4) is 11.4 Å². The topological polar surface area (TPSA) is 58.4 Å². The third kappa shape index (κ3) is 5.86. The fraction of sp³-hybridized carbons (Fsp3) is 0.594. The van der Waals surface area contributed by atoms with Crippen molar-refractivity contribution in [2.45, 2.75) is 88.7 Å². The molecule has 0 bridgehead atoms. The second-order valence-electron chi connectivity index (χ2n) is 12.6. The number of hydrogen-bond acceptors (Lipinski definition) is 5. The Kier molecular flexibility index (Phi) is 8.42. The molecule has 3 heterocycles. The van der Waals surface area contributed by atoms with Crippen molar-refractivity contribution >= 4 is 20.9 Å². The lowest BCUT2D eigenvalue weighted by Gasteiger charge is -2.49. The third-order valence-corrected chi connectivity index (χ3v) is 10.4. The first-order valence-electron chi connectivity index (χ1n) is 14.9. The van der Waals surface area contributed by atoms with Gasteiger partial charge in [-0.1, -0.05) is 20.8 Å². The minimum atomic E-state index is -3.28. The van der Waals surface area contributed by atoms with Crippen molar-refractivity contribution in [1.29, 1.82) is 0 Å². The number of sulfone groups is 1. The van der Waals surface area contributed by atoms with Gasteiger partial charge in [0.25, 0.3) is 0 Å². The molecular weight excluding hydrogens is 523 g/mol. The number of nitrogens with zero attached hydrogens (tertiary/aromatic N) is 4. The maximum Gasteiger partial charge on any atom is 0.175 e. The second-order valence-corrected chi connectivity index (χ2v) is 14.6. The summed E-state index contributed by atoms with van der Waals surface area (Å²) in [5.74, 6) is 1.37. The minimum Gasteiger partial charge on any atom is -0.327 e. The van der Waals surface area contributed by atoms with Gasteiger partial charge in [0.15, 0.2) is 15.7 Å². The molecule has 0 saturated carbocycles. The van der Waals surface area contributed by atoms with Crippen molar-refractivity contribution < 1.29 is 12.8 Å². The summed E-state index contributed by atoms with van der Waals surface area (Å²) in [5.41, 5.74) is 2.95. The highest BCUT2D eigenvalue weighted by molar-refractivity contribution is 7.90. The summed E-state index contributed by atoms with van der Waals surface area (Å²) in [6, 6.07) is 12.3. The molecule has 2 fully saturated rings. The van der Waals surface area contributed by atoms with E-state index in [-0.39, 0.29) is 10.7 Å². The van der Waals surface area contributed by atoms with E-state index < -0.39 is 9.84 Å². The van der Waals surface area contributed by atoms with E-state index in [0.29, 0.717) is 41.3 Å². The number of hydrogen-bond donors (Lipinski definition) is 0. The highest BCUT2D eigenvalue weighted by Crippen LogP contribution is 2.36. The van der Waals surface area contributed by atoms with Crippen LogP contribution in [-0.2, 0) is 16.9 Å². The van der Waals surface area contributed by atoms with Crippen molar-refractivity contribution in [2.75, 3.05) is 25.9 Å². The lowest BCUT2D eigenvalue weighted by molar-refractivity contribution is 0.0113. The molecule has 0 N–H and O–H groups in total. The monoisotopic (exact) mass is 568 g/mol. The molecular formula is C32H45FN4O2S. The fourth-order valence-corrected chi connectivity index (χ4v) is 7.72. The summed E-state index contributed by atoms with van der Waals surface area (Å²) in [7, 11) is -1.38. The largest absolute Gasteiger partial charge is 0.327 e. The first kappa shape index (κ1) is 29.2. The van der Waals surface area contributed by atoms with Crippen LogP contribution in [0.2, 0.25) is 0 Å². The molecule has 218 valence electrons. The van der Waals surface area contributed by atoms with Gasteiger partial charge in [-0.25, -0.2) is 17.8 Å². The summed E-state index contributed by atoms with van der Waals surface area (Å²) in [5, 5.41) is 0. The molecule has 3 aromatic rings. The predicted octanol–water partition coefficient (Wildman–Crippen LogP) is 6.25. The van der Waals surface area contributed by atoms with Crippen LogP contribution in [0.15, 0.2) is 41.3 Å². The van der Waals surface area contributed by atoms with Gasteiger partial charge < -0.3 is 9.47 Å². The van der Waals surface area contributed by atoms with E-state index in [1.54, 1.807) is 30.3 Å². The maximum absolute atomic E-state index is 15.4. The normalized spacial score (nSPS) is 23.9. The SMILES string of the molecule is CCC1CC(N2CCC(c3cc(F)c4nc(-c5ccc(S(C)(=O)=O)cc5)n(C)c4c3)CC2)CC(C)N1CC(C)C. The molecule has 5 rings (SSSR count). The number of fused-ring (bicyclic) bond motifs is 1. The maximum atomic E-state index is 15.4. The van der Waals surface area contributed by atoms with E-state index in [9.17, 15) is 8.42 Å². The zero-order valence-corrected chi connectivity index (χ0v) is 25.7. The van der Waals surface area contributed by atoms with E-state index in [2.05, 4.69) is 48.5 Å². The van der Waals surface area contributed by atoms with Gasteiger partial charge in [-0.15, -0.1) is 0 Å². The Morgan fingerprint density at radius 2 is 1.75 bits per heavy atom. The molecule has 2 aliphatic rings. The van der Waals surface area contributed by atoms with Crippen molar-refractivity contribution in [2.24, 2.45) is 13.0 Å². The summed E-state index contributed by atoms with van der Waals surface area (Å²) in [6.07, 6.45) is 6.97. The number of imidazole rings is 1. The first-order chi connectivity index (χ1) is 19.0. The van der Waals surface area contributed by atoms with Gasteiger partial charge in [0.05, 0.1) is 10.4 Å². The Labute approximate surface area is 239 Å². The summed E-state index contributed by atoms with van der Waals surface area (Å²) < 4.78 is 41.0. The van der Waals surface area contributed by atoms with Crippen LogP contribution >= 0.6 is 0 Å².